The topological polar surface area (TPSA) is 128 Å². The van der Waals surface area contributed by atoms with E-state index >= 15 is 0 Å². The maximum atomic E-state index is 13.8. The van der Waals surface area contributed by atoms with Crippen LogP contribution in [0, 0.1) is 5.82 Å². The molecule has 162 valence electrons. The predicted octanol–water partition coefficient (Wildman–Crippen LogP) is 0.495. The van der Waals surface area contributed by atoms with Gasteiger partial charge in [0.15, 0.2) is 0 Å². The molecule has 1 aliphatic heterocycles. The van der Waals surface area contributed by atoms with Gasteiger partial charge in [-0.1, -0.05) is 30.3 Å². The molecule has 2 aromatic rings. The summed E-state index contributed by atoms with van der Waals surface area (Å²) < 4.78 is 24.7. The third-order valence-electron chi connectivity index (χ3n) is 4.92. The molecular weight excluding hydrogens is 397 g/mol. The van der Waals surface area contributed by atoms with Crippen LogP contribution in [0.1, 0.15) is 28.9 Å². The fraction of sp³-hybridized carbons (Fsp3) is 0.381. The molecule has 6 atom stereocenters. The van der Waals surface area contributed by atoms with Gasteiger partial charge >= 0.3 is 0 Å². The number of carbonyl (C=O) groups is 1. The van der Waals surface area contributed by atoms with Crippen molar-refractivity contribution in [2.24, 2.45) is 0 Å². The fourth-order valence-corrected chi connectivity index (χ4v) is 3.17. The van der Waals surface area contributed by atoms with Crippen molar-refractivity contribution in [2.45, 2.75) is 43.7 Å². The first-order valence-electron chi connectivity index (χ1n) is 9.44. The summed E-state index contributed by atoms with van der Waals surface area (Å²) in [5.41, 5.74) is 0.702. The van der Waals surface area contributed by atoms with Crippen LogP contribution in [0.3, 0.4) is 0 Å². The number of carbonyl (C=O) groups excluding carboxylic acids is 1. The zero-order chi connectivity index (χ0) is 21.8. The molecule has 9 heteroatoms. The molecule has 8 nitrogen and oxygen atoms in total. The highest BCUT2D eigenvalue weighted by Crippen LogP contribution is 2.27. The molecule has 2 aromatic carbocycles. The Hall–Kier alpha value is -2.56. The Morgan fingerprint density at radius 3 is 2.50 bits per heavy atom. The van der Waals surface area contributed by atoms with Crippen LogP contribution < -0.4 is 10.1 Å². The van der Waals surface area contributed by atoms with Gasteiger partial charge < -0.3 is 35.2 Å². The minimum atomic E-state index is -1.66. The number of nitrogens with one attached hydrogen (secondary N) is 1. The van der Waals surface area contributed by atoms with Crippen LogP contribution in [-0.4, -0.2) is 63.6 Å². The van der Waals surface area contributed by atoms with E-state index in [1.807, 2.05) is 30.3 Å². The lowest BCUT2D eigenvalue weighted by Gasteiger charge is -2.39. The molecule has 0 spiro atoms. The molecule has 0 saturated carbocycles. The van der Waals surface area contributed by atoms with E-state index in [0.29, 0.717) is 0 Å². The number of aliphatic hydroxyl groups is 4. The lowest BCUT2D eigenvalue weighted by molar-refractivity contribution is -0.277. The third kappa shape index (κ3) is 4.77. The summed E-state index contributed by atoms with van der Waals surface area (Å²) in [6.45, 7) is 1.14. The summed E-state index contributed by atoms with van der Waals surface area (Å²) in [6.07, 6.45) is -7.52. The van der Waals surface area contributed by atoms with E-state index in [9.17, 15) is 29.6 Å². The van der Waals surface area contributed by atoms with Crippen molar-refractivity contribution in [3.63, 3.8) is 0 Å². The Balaban J connectivity index is 1.80. The monoisotopic (exact) mass is 421 g/mol. The molecule has 1 fully saturated rings. The minimum absolute atomic E-state index is 0.0986. The number of amides is 1. The van der Waals surface area contributed by atoms with Gasteiger partial charge in [0, 0.05) is 0 Å². The minimum Gasteiger partial charge on any atom is -0.461 e. The first kappa shape index (κ1) is 22.1. The molecule has 5 N–H and O–H groups in total. The second kappa shape index (κ2) is 9.50. The number of benzene rings is 2. The van der Waals surface area contributed by atoms with Gasteiger partial charge in [-0.05, 0) is 30.7 Å². The van der Waals surface area contributed by atoms with E-state index in [1.54, 1.807) is 6.92 Å². The Kier molecular flexibility index (Phi) is 7.01. The Labute approximate surface area is 172 Å². The molecule has 0 radical (unpaired) electrons. The summed E-state index contributed by atoms with van der Waals surface area (Å²) >= 11 is 0. The van der Waals surface area contributed by atoms with Gasteiger partial charge in [-0.3, -0.25) is 4.79 Å². The highest BCUT2D eigenvalue weighted by molar-refractivity contribution is 5.97. The van der Waals surface area contributed by atoms with E-state index in [0.717, 1.165) is 17.7 Å². The first-order valence-corrected chi connectivity index (χ1v) is 9.44. The van der Waals surface area contributed by atoms with Crippen LogP contribution >= 0.6 is 0 Å². The van der Waals surface area contributed by atoms with Crippen molar-refractivity contribution >= 4 is 5.91 Å². The predicted molar refractivity (Wildman–Crippen MR) is 103 cm³/mol. The molecule has 3 rings (SSSR count). The number of hydrogen-bond donors (Lipinski definition) is 5. The van der Waals surface area contributed by atoms with Gasteiger partial charge in [0.1, 0.15) is 36.0 Å². The normalized spacial score (nSPS) is 27.3. The maximum absolute atomic E-state index is 13.8. The Morgan fingerprint density at radius 2 is 1.83 bits per heavy atom. The number of hydrogen-bond acceptors (Lipinski definition) is 7. The molecular formula is C21H24FNO7. The Bertz CT molecular complexity index is 864. The zero-order valence-electron chi connectivity index (χ0n) is 16.2. The van der Waals surface area contributed by atoms with Gasteiger partial charge in [-0.25, -0.2) is 4.39 Å². The summed E-state index contributed by atoms with van der Waals surface area (Å²) in [4.78, 5) is 12.8. The van der Waals surface area contributed by atoms with Crippen molar-refractivity contribution in [1.29, 1.82) is 0 Å². The van der Waals surface area contributed by atoms with Crippen molar-refractivity contribution in [1.82, 2.24) is 5.32 Å². The highest BCUT2D eigenvalue weighted by Gasteiger charge is 2.45. The molecule has 1 aliphatic rings. The maximum Gasteiger partial charge on any atom is 0.255 e. The van der Waals surface area contributed by atoms with Crippen molar-refractivity contribution < 1.29 is 39.1 Å². The van der Waals surface area contributed by atoms with Gasteiger partial charge in [0.2, 0.25) is 6.29 Å². The number of aliphatic hydroxyl groups excluding tert-OH is 4. The summed E-state index contributed by atoms with van der Waals surface area (Å²) in [5.74, 6) is -1.39. The summed E-state index contributed by atoms with van der Waals surface area (Å²) in [5, 5.41) is 41.9. The second-order valence-corrected chi connectivity index (χ2v) is 7.06. The number of rotatable bonds is 6. The number of ether oxygens (including phenoxy) is 2. The SMILES string of the molecule is CC(NC(=O)c1cc(F)ccc1O[C@@H]1OC(CO)C(O)C(O)C1O)c1ccccc1. The molecule has 1 heterocycles. The Morgan fingerprint density at radius 1 is 1.13 bits per heavy atom. The van der Waals surface area contributed by atoms with Gasteiger partial charge in [-0.2, -0.15) is 0 Å². The van der Waals surface area contributed by atoms with Crippen LogP contribution in [0.5, 0.6) is 5.75 Å². The molecule has 30 heavy (non-hydrogen) atoms. The van der Waals surface area contributed by atoms with Crippen LogP contribution in [0.15, 0.2) is 48.5 Å². The van der Waals surface area contributed by atoms with E-state index in [2.05, 4.69) is 5.32 Å². The summed E-state index contributed by atoms with van der Waals surface area (Å²) in [6, 6.07) is 12.0. The van der Waals surface area contributed by atoms with Gasteiger partial charge in [-0.15, -0.1) is 0 Å². The zero-order valence-corrected chi connectivity index (χ0v) is 16.2. The average molecular weight is 421 g/mol. The molecule has 0 aliphatic carbocycles. The van der Waals surface area contributed by atoms with E-state index < -0.39 is 49.0 Å². The quantitative estimate of drug-likeness (QED) is 0.459. The second-order valence-electron chi connectivity index (χ2n) is 7.06. The third-order valence-corrected chi connectivity index (χ3v) is 4.92. The molecule has 0 aromatic heterocycles. The molecule has 5 unspecified atom stereocenters. The summed E-state index contributed by atoms with van der Waals surface area (Å²) in [7, 11) is 0. The van der Waals surface area contributed by atoms with Gasteiger partial charge in [0.25, 0.3) is 5.91 Å². The van der Waals surface area contributed by atoms with Crippen LogP contribution in [0.2, 0.25) is 0 Å². The average Bonchev–Trinajstić information content (AvgIpc) is 2.75. The number of halogens is 1. The molecule has 0 bridgehead atoms. The van der Waals surface area contributed by atoms with E-state index in [4.69, 9.17) is 9.47 Å². The van der Waals surface area contributed by atoms with E-state index in [1.165, 1.54) is 6.07 Å². The molecule has 1 saturated heterocycles. The highest BCUT2D eigenvalue weighted by atomic mass is 19.1. The van der Waals surface area contributed by atoms with Crippen molar-refractivity contribution in [3.05, 3.63) is 65.5 Å². The fourth-order valence-electron chi connectivity index (χ4n) is 3.17. The molecule has 1 amide bonds. The first-order chi connectivity index (χ1) is 14.3. The van der Waals surface area contributed by atoms with Crippen LogP contribution in [-0.2, 0) is 4.74 Å². The standard InChI is InChI=1S/C21H24FNO7/c1-11(12-5-3-2-4-6-12)23-20(28)14-9-13(22)7-8-15(14)29-21-19(27)18(26)17(25)16(10-24)30-21/h2-9,11,16-19,21,24-27H,10H2,1H3,(H,23,28)/t11?,16?,17?,18?,19?,21-/m1/s1. The van der Waals surface area contributed by atoms with Crippen molar-refractivity contribution in [2.75, 3.05) is 6.61 Å². The van der Waals surface area contributed by atoms with Gasteiger partial charge in [0.05, 0.1) is 18.2 Å². The largest absolute Gasteiger partial charge is 0.461 e. The van der Waals surface area contributed by atoms with Crippen LogP contribution in [0.4, 0.5) is 4.39 Å². The lowest BCUT2D eigenvalue weighted by Crippen LogP contribution is -2.60. The van der Waals surface area contributed by atoms with E-state index in [-0.39, 0.29) is 17.4 Å². The van der Waals surface area contributed by atoms with Crippen molar-refractivity contribution in [3.8, 4) is 5.75 Å². The lowest BCUT2D eigenvalue weighted by atomic mass is 9.99. The smallest absolute Gasteiger partial charge is 0.255 e. The van der Waals surface area contributed by atoms with Crippen LogP contribution in [0.25, 0.3) is 0 Å².